The number of aromatic nitrogens is 1. The van der Waals surface area contributed by atoms with Gasteiger partial charge in [-0.15, -0.1) is 0 Å². The quantitative estimate of drug-likeness (QED) is 0.550. The van der Waals surface area contributed by atoms with E-state index in [1.807, 2.05) is 30.3 Å². The molecule has 1 atom stereocenters. The molecule has 0 fully saturated rings. The fourth-order valence-corrected chi connectivity index (χ4v) is 3.92. The van der Waals surface area contributed by atoms with Gasteiger partial charge in [0.25, 0.3) is 5.91 Å². The van der Waals surface area contributed by atoms with Crippen LogP contribution in [-0.4, -0.2) is 17.9 Å². The minimum Gasteiger partial charge on any atom is -0.354 e. The van der Waals surface area contributed by atoms with Gasteiger partial charge in [0.1, 0.15) is 5.69 Å². The van der Waals surface area contributed by atoms with Crippen LogP contribution in [0.2, 0.25) is 0 Å². The molecule has 0 aliphatic rings. The second kappa shape index (κ2) is 8.00. The molecule has 0 aliphatic carbocycles. The van der Waals surface area contributed by atoms with Crippen molar-refractivity contribution >= 4 is 32.7 Å². The zero-order valence-corrected chi connectivity index (χ0v) is 16.9. The van der Waals surface area contributed by atoms with Crippen LogP contribution < -0.4 is 5.32 Å². The molecular weight excluding hydrogens is 388 g/mol. The zero-order chi connectivity index (χ0) is 18.7. The van der Waals surface area contributed by atoms with Gasteiger partial charge in [-0.2, -0.15) is 0 Å². The van der Waals surface area contributed by atoms with Gasteiger partial charge in [-0.1, -0.05) is 72.2 Å². The smallest absolute Gasteiger partial charge is 0.269 e. The fourth-order valence-electron chi connectivity index (χ4n) is 3.37. The van der Waals surface area contributed by atoms with Crippen LogP contribution in [0, 0.1) is 0 Å². The van der Waals surface area contributed by atoms with Gasteiger partial charge in [-0.05, 0) is 35.1 Å². The number of pyridine rings is 1. The normalized spacial score (nSPS) is 12.2. The van der Waals surface area contributed by atoms with Crippen molar-refractivity contribution in [2.75, 3.05) is 7.05 Å². The molecule has 1 N–H and O–H groups in total. The Morgan fingerprint density at radius 3 is 2.50 bits per heavy atom. The average molecular weight is 411 g/mol. The molecule has 3 aromatic rings. The summed E-state index contributed by atoms with van der Waals surface area (Å²) in [4.78, 5) is 17.2. The van der Waals surface area contributed by atoms with Crippen LogP contribution in [0.1, 0.15) is 47.8 Å². The van der Waals surface area contributed by atoms with E-state index in [4.69, 9.17) is 4.98 Å². The summed E-state index contributed by atoms with van der Waals surface area (Å²) >= 11 is 3.60. The van der Waals surface area contributed by atoms with Gasteiger partial charge >= 0.3 is 0 Å². The summed E-state index contributed by atoms with van der Waals surface area (Å²) in [5.74, 6) is 0.254. The van der Waals surface area contributed by atoms with Crippen LogP contribution in [0.25, 0.3) is 22.0 Å². The van der Waals surface area contributed by atoms with Crippen molar-refractivity contribution in [3.8, 4) is 11.1 Å². The molecule has 0 saturated carbocycles. The summed E-state index contributed by atoms with van der Waals surface area (Å²) in [5.41, 5.74) is 5.76. The van der Waals surface area contributed by atoms with Crippen molar-refractivity contribution in [3.63, 3.8) is 0 Å². The molecule has 3 rings (SSSR count). The SMILES string of the molecule is CCC(C)c1cccc2nc(C(=O)NC)c(CBr)c(-c3ccccc3)c12. The van der Waals surface area contributed by atoms with Gasteiger partial charge in [0.2, 0.25) is 0 Å². The Kier molecular flexibility index (Phi) is 5.72. The Morgan fingerprint density at radius 1 is 1.15 bits per heavy atom. The first-order valence-electron chi connectivity index (χ1n) is 8.91. The van der Waals surface area contributed by atoms with Crippen molar-refractivity contribution < 1.29 is 4.79 Å². The number of alkyl halides is 1. The summed E-state index contributed by atoms with van der Waals surface area (Å²) in [7, 11) is 1.64. The number of amides is 1. The molecule has 0 radical (unpaired) electrons. The van der Waals surface area contributed by atoms with Crippen molar-refractivity contribution in [2.45, 2.75) is 31.5 Å². The molecule has 3 nitrogen and oxygen atoms in total. The van der Waals surface area contributed by atoms with Crippen LogP contribution in [0.4, 0.5) is 0 Å². The van der Waals surface area contributed by atoms with Crippen molar-refractivity contribution in [1.82, 2.24) is 10.3 Å². The Labute approximate surface area is 163 Å². The van der Waals surface area contributed by atoms with E-state index in [1.54, 1.807) is 7.05 Å². The van der Waals surface area contributed by atoms with E-state index in [0.29, 0.717) is 16.9 Å². The number of nitrogens with one attached hydrogen (secondary N) is 1. The van der Waals surface area contributed by atoms with Gasteiger partial charge in [0.15, 0.2) is 0 Å². The molecule has 1 amide bonds. The van der Waals surface area contributed by atoms with Crippen LogP contribution in [0.3, 0.4) is 0 Å². The lowest BCUT2D eigenvalue weighted by atomic mass is 9.87. The first-order valence-corrected chi connectivity index (χ1v) is 10.0. The Morgan fingerprint density at radius 2 is 1.88 bits per heavy atom. The van der Waals surface area contributed by atoms with Gasteiger partial charge < -0.3 is 5.32 Å². The molecule has 134 valence electrons. The molecule has 0 saturated heterocycles. The predicted molar refractivity (Wildman–Crippen MR) is 112 cm³/mol. The number of nitrogens with zero attached hydrogens (tertiary/aromatic N) is 1. The number of fused-ring (bicyclic) bond motifs is 1. The third-order valence-electron chi connectivity index (χ3n) is 4.93. The van der Waals surface area contributed by atoms with Crippen molar-refractivity contribution in [2.24, 2.45) is 0 Å². The molecule has 2 aromatic carbocycles. The summed E-state index contributed by atoms with van der Waals surface area (Å²) < 4.78 is 0. The Bertz CT molecular complexity index is 938. The van der Waals surface area contributed by atoms with Crippen LogP contribution in [0.15, 0.2) is 48.5 Å². The highest BCUT2D eigenvalue weighted by atomic mass is 79.9. The molecule has 0 bridgehead atoms. The van der Waals surface area contributed by atoms with E-state index in [1.165, 1.54) is 5.56 Å². The lowest BCUT2D eigenvalue weighted by Crippen LogP contribution is -2.21. The second-order valence-corrected chi connectivity index (χ2v) is 7.00. The molecule has 0 spiro atoms. The van der Waals surface area contributed by atoms with Crippen molar-refractivity contribution in [3.05, 3.63) is 65.4 Å². The van der Waals surface area contributed by atoms with E-state index in [2.05, 4.69) is 53.3 Å². The molecule has 4 heteroatoms. The predicted octanol–water partition coefficient (Wildman–Crippen LogP) is 5.67. The lowest BCUT2D eigenvalue weighted by molar-refractivity contribution is 0.0958. The summed E-state index contributed by atoms with van der Waals surface area (Å²) in [6.45, 7) is 4.44. The van der Waals surface area contributed by atoms with Gasteiger partial charge in [-0.3, -0.25) is 4.79 Å². The fraction of sp³-hybridized carbons (Fsp3) is 0.273. The Hall–Kier alpha value is -2.20. The van der Waals surface area contributed by atoms with E-state index in [9.17, 15) is 4.79 Å². The van der Waals surface area contributed by atoms with E-state index >= 15 is 0 Å². The summed E-state index contributed by atoms with van der Waals surface area (Å²) in [6, 6.07) is 16.5. The number of hydrogen-bond acceptors (Lipinski definition) is 2. The van der Waals surface area contributed by atoms with E-state index in [0.717, 1.165) is 34.0 Å². The van der Waals surface area contributed by atoms with Gasteiger partial charge in [0, 0.05) is 23.3 Å². The molecule has 1 heterocycles. The van der Waals surface area contributed by atoms with Gasteiger partial charge in [-0.25, -0.2) is 4.98 Å². The monoisotopic (exact) mass is 410 g/mol. The maximum Gasteiger partial charge on any atom is 0.269 e. The molecule has 0 aliphatic heterocycles. The highest BCUT2D eigenvalue weighted by molar-refractivity contribution is 9.08. The topological polar surface area (TPSA) is 42.0 Å². The third-order valence-corrected chi connectivity index (χ3v) is 5.49. The average Bonchev–Trinajstić information content (AvgIpc) is 2.71. The second-order valence-electron chi connectivity index (χ2n) is 6.44. The third kappa shape index (κ3) is 3.26. The number of carbonyl (C=O) groups is 1. The molecule has 1 unspecified atom stereocenters. The number of halogens is 1. The van der Waals surface area contributed by atoms with Gasteiger partial charge in [0.05, 0.1) is 5.52 Å². The minimum atomic E-state index is -0.160. The first-order chi connectivity index (χ1) is 12.6. The van der Waals surface area contributed by atoms with Crippen LogP contribution in [-0.2, 0) is 5.33 Å². The highest BCUT2D eigenvalue weighted by Gasteiger charge is 2.22. The maximum atomic E-state index is 12.5. The zero-order valence-electron chi connectivity index (χ0n) is 15.3. The van der Waals surface area contributed by atoms with Crippen LogP contribution >= 0.6 is 15.9 Å². The first kappa shape index (κ1) is 18.6. The van der Waals surface area contributed by atoms with Crippen LogP contribution in [0.5, 0.6) is 0 Å². The minimum absolute atomic E-state index is 0.160. The highest BCUT2D eigenvalue weighted by Crippen LogP contribution is 2.39. The lowest BCUT2D eigenvalue weighted by Gasteiger charge is -2.20. The largest absolute Gasteiger partial charge is 0.354 e. The maximum absolute atomic E-state index is 12.5. The van der Waals surface area contributed by atoms with E-state index in [-0.39, 0.29) is 5.91 Å². The molecule has 26 heavy (non-hydrogen) atoms. The molecular formula is C22H23BrN2O. The Balaban J connectivity index is 2.50. The number of carbonyl (C=O) groups excluding carboxylic acids is 1. The number of benzene rings is 2. The molecule has 1 aromatic heterocycles. The number of hydrogen-bond donors (Lipinski definition) is 1. The number of rotatable bonds is 5. The standard InChI is InChI=1S/C22H23BrN2O/c1-4-14(2)16-11-8-12-18-20(16)19(15-9-6-5-7-10-15)17(13-23)21(25-18)22(26)24-3/h5-12,14H,4,13H2,1-3H3,(H,24,26). The van der Waals surface area contributed by atoms with Crippen molar-refractivity contribution in [1.29, 1.82) is 0 Å². The summed E-state index contributed by atoms with van der Waals surface area (Å²) in [5, 5.41) is 4.44. The van der Waals surface area contributed by atoms with E-state index < -0.39 is 0 Å². The summed E-state index contributed by atoms with van der Waals surface area (Å²) in [6.07, 6.45) is 1.05.